The van der Waals surface area contributed by atoms with Gasteiger partial charge in [0.1, 0.15) is 5.60 Å². The van der Waals surface area contributed by atoms with Crippen LogP contribution in [0.25, 0.3) is 0 Å². The Kier molecular flexibility index (Phi) is 4.26. The third-order valence-electron chi connectivity index (χ3n) is 1.80. The van der Waals surface area contributed by atoms with Crippen LogP contribution >= 0.6 is 0 Å². The van der Waals surface area contributed by atoms with Gasteiger partial charge in [0.2, 0.25) is 0 Å². The standard InChI is InChI=1S/C12H20O3/c1-7-9(13)8-12(5,6)10(14)15-11(2,3)4/h7H,1,8H2,2-6H3. The van der Waals surface area contributed by atoms with E-state index in [0.717, 1.165) is 0 Å². The summed E-state index contributed by atoms with van der Waals surface area (Å²) in [4.78, 5) is 22.9. The summed E-state index contributed by atoms with van der Waals surface area (Å²) < 4.78 is 5.22. The first kappa shape index (κ1) is 13.9. The molecule has 0 fully saturated rings. The quantitative estimate of drug-likeness (QED) is 0.531. The van der Waals surface area contributed by atoms with E-state index in [0.29, 0.717) is 0 Å². The highest BCUT2D eigenvalue weighted by Crippen LogP contribution is 2.25. The van der Waals surface area contributed by atoms with Crippen molar-refractivity contribution in [2.24, 2.45) is 5.41 Å². The largest absolute Gasteiger partial charge is 0.460 e. The van der Waals surface area contributed by atoms with Crippen LogP contribution in [-0.4, -0.2) is 17.4 Å². The fourth-order valence-electron chi connectivity index (χ4n) is 0.996. The number of rotatable bonds is 4. The predicted octanol–water partition coefficient (Wildman–Crippen LogP) is 2.50. The van der Waals surface area contributed by atoms with Crippen molar-refractivity contribution in [3.63, 3.8) is 0 Å². The van der Waals surface area contributed by atoms with Crippen LogP contribution in [0.3, 0.4) is 0 Å². The van der Waals surface area contributed by atoms with Gasteiger partial charge in [-0.15, -0.1) is 0 Å². The second kappa shape index (κ2) is 4.60. The Morgan fingerprint density at radius 3 is 2.00 bits per heavy atom. The lowest BCUT2D eigenvalue weighted by Gasteiger charge is -2.27. The fraction of sp³-hybridized carbons (Fsp3) is 0.667. The first-order valence-electron chi connectivity index (χ1n) is 4.97. The summed E-state index contributed by atoms with van der Waals surface area (Å²) in [7, 11) is 0. The Bertz CT molecular complexity index is 269. The summed E-state index contributed by atoms with van der Waals surface area (Å²) in [5.41, 5.74) is -1.32. The smallest absolute Gasteiger partial charge is 0.312 e. The molecule has 0 rings (SSSR count). The maximum atomic E-state index is 11.7. The van der Waals surface area contributed by atoms with Gasteiger partial charge in [0, 0.05) is 6.42 Å². The minimum atomic E-state index is -0.793. The molecule has 0 amide bonds. The molecule has 0 unspecified atom stereocenters. The average molecular weight is 212 g/mol. The van der Waals surface area contributed by atoms with Gasteiger partial charge < -0.3 is 4.74 Å². The molecule has 0 N–H and O–H groups in total. The third kappa shape index (κ3) is 5.35. The summed E-state index contributed by atoms with van der Waals surface area (Å²) in [6, 6.07) is 0. The Labute approximate surface area is 91.5 Å². The maximum absolute atomic E-state index is 11.7. The van der Waals surface area contributed by atoms with E-state index in [1.807, 2.05) is 0 Å². The summed E-state index contributed by atoms with van der Waals surface area (Å²) in [6.45, 7) is 12.2. The van der Waals surface area contributed by atoms with E-state index in [9.17, 15) is 9.59 Å². The van der Waals surface area contributed by atoms with E-state index in [-0.39, 0.29) is 18.2 Å². The van der Waals surface area contributed by atoms with Gasteiger partial charge in [0.25, 0.3) is 0 Å². The van der Waals surface area contributed by atoms with Gasteiger partial charge in [-0.1, -0.05) is 6.58 Å². The molecular formula is C12H20O3. The number of hydrogen-bond donors (Lipinski definition) is 0. The van der Waals surface area contributed by atoms with Crippen LogP contribution in [-0.2, 0) is 14.3 Å². The van der Waals surface area contributed by atoms with E-state index >= 15 is 0 Å². The van der Waals surface area contributed by atoms with Crippen LogP contribution in [0.1, 0.15) is 41.0 Å². The van der Waals surface area contributed by atoms with Crippen molar-refractivity contribution >= 4 is 11.8 Å². The van der Waals surface area contributed by atoms with Crippen molar-refractivity contribution in [2.45, 2.75) is 46.6 Å². The van der Waals surface area contributed by atoms with Crippen LogP contribution < -0.4 is 0 Å². The maximum Gasteiger partial charge on any atom is 0.312 e. The van der Waals surface area contributed by atoms with Gasteiger partial charge in [0.05, 0.1) is 5.41 Å². The Hall–Kier alpha value is -1.12. The van der Waals surface area contributed by atoms with Crippen LogP contribution in [0.4, 0.5) is 0 Å². The molecule has 86 valence electrons. The molecule has 0 aromatic carbocycles. The molecule has 0 heterocycles. The molecule has 0 atom stereocenters. The van der Waals surface area contributed by atoms with Crippen LogP contribution in [0, 0.1) is 5.41 Å². The van der Waals surface area contributed by atoms with E-state index in [1.165, 1.54) is 6.08 Å². The number of carbonyl (C=O) groups excluding carboxylic acids is 2. The molecular weight excluding hydrogens is 192 g/mol. The summed E-state index contributed by atoms with van der Waals surface area (Å²) in [5.74, 6) is -0.504. The van der Waals surface area contributed by atoms with Gasteiger partial charge in [0.15, 0.2) is 5.78 Å². The van der Waals surface area contributed by atoms with E-state index in [2.05, 4.69) is 6.58 Å². The van der Waals surface area contributed by atoms with Crippen LogP contribution in [0.15, 0.2) is 12.7 Å². The van der Waals surface area contributed by atoms with Crippen molar-refractivity contribution in [1.82, 2.24) is 0 Å². The number of ketones is 1. The normalized spacial score (nSPS) is 12.1. The number of esters is 1. The van der Waals surface area contributed by atoms with E-state index in [1.54, 1.807) is 34.6 Å². The van der Waals surface area contributed by atoms with Crippen molar-refractivity contribution in [3.8, 4) is 0 Å². The van der Waals surface area contributed by atoms with Crippen molar-refractivity contribution in [1.29, 1.82) is 0 Å². The zero-order valence-corrected chi connectivity index (χ0v) is 10.2. The highest BCUT2D eigenvalue weighted by molar-refractivity contribution is 5.93. The molecule has 0 aliphatic heterocycles. The molecule has 0 aromatic rings. The first-order chi connectivity index (χ1) is 6.58. The molecule has 0 radical (unpaired) electrons. The lowest BCUT2D eigenvalue weighted by Crippen LogP contribution is -2.35. The summed E-state index contributed by atoms with van der Waals surface area (Å²) in [5, 5.41) is 0. The Morgan fingerprint density at radius 1 is 1.20 bits per heavy atom. The lowest BCUT2D eigenvalue weighted by molar-refractivity contribution is -0.166. The van der Waals surface area contributed by atoms with Gasteiger partial charge in [-0.3, -0.25) is 9.59 Å². The lowest BCUT2D eigenvalue weighted by atomic mass is 9.87. The van der Waals surface area contributed by atoms with Gasteiger partial charge in [-0.05, 0) is 40.7 Å². The van der Waals surface area contributed by atoms with E-state index < -0.39 is 11.0 Å². The summed E-state index contributed by atoms with van der Waals surface area (Å²) >= 11 is 0. The minimum absolute atomic E-state index is 0.130. The highest BCUT2D eigenvalue weighted by atomic mass is 16.6. The predicted molar refractivity (Wildman–Crippen MR) is 59.4 cm³/mol. The second-order valence-electron chi connectivity index (χ2n) is 5.23. The van der Waals surface area contributed by atoms with Crippen LogP contribution in [0.5, 0.6) is 0 Å². The fourth-order valence-corrected chi connectivity index (χ4v) is 0.996. The monoisotopic (exact) mass is 212 g/mol. The van der Waals surface area contributed by atoms with Crippen LogP contribution in [0.2, 0.25) is 0 Å². The summed E-state index contributed by atoms with van der Waals surface area (Å²) in [6.07, 6.45) is 1.36. The van der Waals surface area contributed by atoms with Crippen molar-refractivity contribution < 1.29 is 14.3 Å². The first-order valence-corrected chi connectivity index (χ1v) is 4.97. The topological polar surface area (TPSA) is 43.4 Å². The molecule has 15 heavy (non-hydrogen) atoms. The molecule has 3 heteroatoms. The zero-order chi connectivity index (χ0) is 12.3. The average Bonchev–Trinajstić information content (AvgIpc) is 2.00. The Morgan fingerprint density at radius 2 is 1.67 bits per heavy atom. The Balaban J connectivity index is 4.52. The van der Waals surface area contributed by atoms with Gasteiger partial charge in [-0.25, -0.2) is 0 Å². The van der Waals surface area contributed by atoms with Crippen molar-refractivity contribution in [2.75, 3.05) is 0 Å². The molecule has 0 aliphatic carbocycles. The van der Waals surface area contributed by atoms with Gasteiger partial charge in [-0.2, -0.15) is 0 Å². The second-order valence-corrected chi connectivity index (χ2v) is 5.23. The molecule has 0 spiro atoms. The zero-order valence-electron chi connectivity index (χ0n) is 10.2. The minimum Gasteiger partial charge on any atom is -0.460 e. The molecule has 0 saturated carbocycles. The molecule has 3 nitrogen and oxygen atoms in total. The van der Waals surface area contributed by atoms with Gasteiger partial charge >= 0.3 is 5.97 Å². The molecule has 0 bridgehead atoms. The number of hydrogen-bond acceptors (Lipinski definition) is 3. The number of ether oxygens (including phenoxy) is 1. The van der Waals surface area contributed by atoms with Crippen molar-refractivity contribution in [3.05, 3.63) is 12.7 Å². The van der Waals surface area contributed by atoms with E-state index in [4.69, 9.17) is 4.74 Å². The number of carbonyl (C=O) groups is 2. The molecule has 0 saturated heterocycles. The molecule has 0 aromatic heterocycles. The SMILES string of the molecule is C=CC(=O)CC(C)(C)C(=O)OC(C)(C)C. The highest BCUT2D eigenvalue weighted by Gasteiger charge is 2.33. The third-order valence-corrected chi connectivity index (χ3v) is 1.80. The number of allylic oxidation sites excluding steroid dienone is 1. The molecule has 0 aliphatic rings.